The molecule has 0 radical (unpaired) electrons. The average molecular weight is 268 g/mol. The van der Waals surface area contributed by atoms with Crippen LogP contribution in [0.25, 0.3) is 0 Å². The monoisotopic (exact) mass is 268 g/mol. The van der Waals surface area contributed by atoms with Crippen LogP contribution in [0.3, 0.4) is 0 Å². The molecule has 0 bridgehead atoms. The lowest BCUT2D eigenvalue weighted by Crippen LogP contribution is -2.14. The maximum absolute atomic E-state index is 4.63. The Morgan fingerprint density at radius 1 is 1.00 bits per heavy atom. The van der Waals surface area contributed by atoms with E-state index in [4.69, 9.17) is 0 Å². The number of anilines is 1. The van der Waals surface area contributed by atoms with Gasteiger partial charge in [-0.05, 0) is 42.9 Å². The minimum Gasteiger partial charge on any atom is -0.368 e. The second-order valence-electron chi connectivity index (χ2n) is 5.90. The Bertz CT molecular complexity index is 545. The fourth-order valence-electron chi connectivity index (χ4n) is 2.29. The van der Waals surface area contributed by atoms with Gasteiger partial charge in [0.05, 0.1) is 0 Å². The van der Waals surface area contributed by atoms with E-state index in [1.165, 1.54) is 16.7 Å². The van der Waals surface area contributed by atoms with Crippen molar-refractivity contribution in [2.24, 2.45) is 0 Å². The van der Waals surface area contributed by atoms with Gasteiger partial charge >= 0.3 is 0 Å². The molecule has 0 fully saturated rings. The summed E-state index contributed by atoms with van der Waals surface area (Å²) in [7, 11) is 0. The molecular formula is C18H24N2. The molecule has 1 aromatic carbocycles. The number of nitrogens with zero attached hydrogens (tertiary/aromatic N) is 1. The van der Waals surface area contributed by atoms with Gasteiger partial charge in [0, 0.05) is 12.2 Å². The van der Waals surface area contributed by atoms with Crippen LogP contribution >= 0.6 is 0 Å². The van der Waals surface area contributed by atoms with Crippen molar-refractivity contribution in [2.45, 2.75) is 46.1 Å². The number of benzene rings is 1. The van der Waals surface area contributed by atoms with Crippen molar-refractivity contribution < 1.29 is 0 Å². The number of rotatable bonds is 5. The highest BCUT2D eigenvalue weighted by Crippen LogP contribution is 2.24. The zero-order valence-electron chi connectivity index (χ0n) is 12.9. The third-order valence-electron chi connectivity index (χ3n) is 3.27. The summed E-state index contributed by atoms with van der Waals surface area (Å²) in [6.45, 7) is 8.72. The molecule has 0 aliphatic heterocycles. The molecule has 20 heavy (non-hydrogen) atoms. The Kier molecular flexibility index (Phi) is 4.78. The van der Waals surface area contributed by atoms with Crippen LogP contribution in [0.2, 0.25) is 0 Å². The molecule has 1 heterocycles. The molecule has 2 rings (SSSR count). The van der Waals surface area contributed by atoms with Crippen LogP contribution in [0.5, 0.6) is 0 Å². The maximum atomic E-state index is 4.63. The lowest BCUT2D eigenvalue weighted by molar-refractivity contribution is 0.830. The van der Waals surface area contributed by atoms with Crippen LogP contribution in [-0.2, 0) is 6.42 Å². The Morgan fingerprint density at radius 3 is 2.30 bits per heavy atom. The minimum absolute atomic E-state index is 0.403. The number of pyridine rings is 1. The van der Waals surface area contributed by atoms with Crippen LogP contribution in [0.1, 0.15) is 50.3 Å². The van der Waals surface area contributed by atoms with Gasteiger partial charge in [0.25, 0.3) is 0 Å². The van der Waals surface area contributed by atoms with Crippen LogP contribution in [0.4, 0.5) is 5.82 Å². The van der Waals surface area contributed by atoms with Gasteiger partial charge in [-0.25, -0.2) is 4.98 Å². The highest BCUT2D eigenvalue weighted by atomic mass is 15.0. The largest absolute Gasteiger partial charge is 0.368 e. The van der Waals surface area contributed by atoms with Crippen LogP contribution < -0.4 is 5.32 Å². The van der Waals surface area contributed by atoms with E-state index in [-0.39, 0.29) is 0 Å². The van der Waals surface area contributed by atoms with E-state index in [0.29, 0.717) is 12.0 Å². The van der Waals surface area contributed by atoms with E-state index in [9.17, 15) is 0 Å². The lowest BCUT2D eigenvalue weighted by atomic mass is 9.99. The van der Waals surface area contributed by atoms with Crippen LogP contribution in [0.15, 0.2) is 42.6 Å². The molecule has 2 heteroatoms. The smallest absolute Gasteiger partial charge is 0.129 e. The van der Waals surface area contributed by atoms with Crippen molar-refractivity contribution in [1.82, 2.24) is 4.98 Å². The first kappa shape index (κ1) is 14.6. The molecule has 0 spiro atoms. The van der Waals surface area contributed by atoms with Crippen molar-refractivity contribution in [3.05, 3.63) is 59.3 Å². The molecule has 0 atom stereocenters. The zero-order chi connectivity index (χ0) is 14.5. The van der Waals surface area contributed by atoms with Crippen molar-refractivity contribution in [1.29, 1.82) is 0 Å². The highest BCUT2D eigenvalue weighted by molar-refractivity contribution is 5.48. The molecule has 0 aliphatic carbocycles. The quantitative estimate of drug-likeness (QED) is 0.856. The van der Waals surface area contributed by atoms with E-state index in [2.05, 4.69) is 74.4 Å². The van der Waals surface area contributed by atoms with Crippen molar-refractivity contribution in [3.8, 4) is 0 Å². The van der Waals surface area contributed by atoms with Crippen LogP contribution in [-0.4, -0.2) is 11.0 Å². The minimum atomic E-state index is 0.403. The first-order chi connectivity index (χ1) is 9.56. The summed E-state index contributed by atoms with van der Waals surface area (Å²) >= 11 is 0. The fraction of sp³-hybridized carbons (Fsp3) is 0.389. The summed E-state index contributed by atoms with van der Waals surface area (Å²) in [5.74, 6) is 1.49. The number of hydrogen-bond donors (Lipinski definition) is 1. The third kappa shape index (κ3) is 3.83. The first-order valence-electron chi connectivity index (χ1n) is 7.35. The predicted octanol–water partition coefficient (Wildman–Crippen LogP) is 4.62. The zero-order valence-corrected chi connectivity index (χ0v) is 12.9. The molecule has 1 aromatic heterocycles. The molecule has 0 aliphatic rings. The Hall–Kier alpha value is -1.83. The second-order valence-corrected chi connectivity index (χ2v) is 5.90. The molecular weight excluding hydrogens is 244 g/mol. The lowest BCUT2D eigenvalue weighted by Gasteiger charge is -2.17. The summed E-state index contributed by atoms with van der Waals surface area (Å²) in [6, 6.07) is 13.2. The summed E-state index contributed by atoms with van der Waals surface area (Å²) in [5, 5.41) is 3.43. The SMILES string of the molecule is CC(C)Nc1ncc(Cc2ccccc2)cc1C(C)C. The summed E-state index contributed by atoms with van der Waals surface area (Å²) in [4.78, 5) is 4.63. The molecule has 106 valence electrons. The van der Waals surface area contributed by atoms with Gasteiger partial charge in [0.1, 0.15) is 5.82 Å². The fourth-order valence-corrected chi connectivity index (χ4v) is 2.29. The molecule has 0 saturated carbocycles. The van der Waals surface area contributed by atoms with E-state index in [0.717, 1.165) is 12.2 Å². The molecule has 0 amide bonds. The van der Waals surface area contributed by atoms with Gasteiger partial charge in [-0.1, -0.05) is 50.2 Å². The highest BCUT2D eigenvalue weighted by Gasteiger charge is 2.10. The number of aromatic nitrogens is 1. The van der Waals surface area contributed by atoms with Gasteiger partial charge in [-0.15, -0.1) is 0 Å². The Morgan fingerprint density at radius 2 is 1.70 bits per heavy atom. The van der Waals surface area contributed by atoms with Crippen molar-refractivity contribution >= 4 is 5.82 Å². The maximum Gasteiger partial charge on any atom is 0.129 e. The van der Waals surface area contributed by atoms with Crippen LogP contribution in [0, 0.1) is 0 Å². The van der Waals surface area contributed by atoms with Gasteiger partial charge in [0.15, 0.2) is 0 Å². The first-order valence-corrected chi connectivity index (χ1v) is 7.35. The van der Waals surface area contributed by atoms with Gasteiger partial charge < -0.3 is 5.32 Å². The van der Waals surface area contributed by atoms with Gasteiger partial charge in [-0.3, -0.25) is 0 Å². The molecule has 1 N–H and O–H groups in total. The van der Waals surface area contributed by atoms with E-state index in [1.54, 1.807) is 0 Å². The standard InChI is InChI=1S/C18H24N2/c1-13(2)17-11-16(10-15-8-6-5-7-9-15)12-19-18(17)20-14(3)4/h5-9,11-14H,10H2,1-4H3,(H,19,20). The molecule has 2 aromatic rings. The number of hydrogen-bond acceptors (Lipinski definition) is 2. The van der Waals surface area contributed by atoms with E-state index < -0.39 is 0 Å². The summed E-state index contributed by atoms with van der Waals surface area (Å²) in [6.07, 6.45) is 2.93. The van der Waals surface area contributed by atoms with Crippen molar-refractivity contribution in [2.75, 3.05) is 5.32 Å². The molecule has 0 saturated heterocycles. The normalized spacial score (nSPS) is 11.1. The predicted molar refractivity (Wildman–Crippen MR) is 86.3 cm³/mol. The number of nitrogens with one attached hydrogen (secondary N) is 1. The molecule has 2 nitrogen and oxygen atoms in total. The van der Waals surface area contributed by atoms with Crippen molar-refractivity contribution in [3.63, 3.8) is 0 Å². The Labute approximate surface area is 122 Å². The summed E-state index contributed by atoms with van der Waals surface area (Å²) < 4.78 is 0. The summed E-state index contributed by atoms with van der Waals surface area (Å²) in [5.41, 5.74) is 3.90. The van der Waals surface area contributed by atoms with E-state index in [1.807, 2.05) is 6.20 Å². The third-order valence-corrected chi connectivity index (χ3v) is 3.27. The second kappa shape index (κ2) is 6.56. The molecule has 0 unspecified atom stereocenters. The topological polar surface area (TPSA) is 24.9 Å². The van der Waals surface area contributed by atoms with E-state index >= 15 is 0 Å². The van der Waals surface area contributed by atoms with Gasteiger partial charge in [0.2, 0.25) is 0 Å². The average Bonchev–Trinajstić information content (AvgIpc) is 2.41. The van der Waals surface area contributed by atoms with Gasteiger partial charge in [-0.2, -0.15) is 0 Å². The Balaban J connectivity index is 2.25.